The van der Waals surface area contributed by atoms with Crippen LogP contribution in [0.4, 0.5) is 0 Å². The normalized spacial score (nSPS) is 40.8. The van der Waals surface area contributed by atoms with Crippen LogP contribution in [0, 0.1) is 11.8 Å². The van der Waals surface area contributed by atoms with Gasteiger partial charge in [0.25, 0.3) is 0 Å². The van der Waals surface area contributed by atoms with Crippen LogP contribution in [0.1, 0.15) is 95.5 Å². The minimum Gasteiger partial charge on any atom is -0.504 e. The summed E-state index contributed by atoms with van der Waals surface area (Å²) in [7, 11) is 2.13. The van der Waals surface area contributed by atoms with Gasteiger partial charge < -0.3 is 34.5 Å². The smallest absolute Gasteiger partial charge is 0.166 e. The summed E-state index contributed by atoms with van der Waals surface area (Å²) in [4.78, 5) is 5.16. The Morgan fingerprint density at radius 3 is 1.54 bits per heavy atom. The molecule has 2 saturated carbocycles. The molecule has 2 spiro atoms. The molecule has 4 fully saturated rings. The average molecular weight is 676 g/mol. The van der Waals surface area contributed by atoms with Crippen LogP contribution >= 0.6 is 0 Å². The fourth-order valence-electron chi connectivity index (χ4n) is 13.8. The van der Waals surface area contributed by atoms with E-state index in [1.807, 2.05) is 0 Å². The van der Waals surface area contributed by atoms with Crippen LogP contribution in [0.2, 0.25) is 0 Å². The average Bonchev–Trinajstić information content (AvgIpc) is 4.00. The van der Waals surface area contributed by atoms with Crippen molar-refractivity contribution in [2.75, 3.05) is 26.2 Å². The minimum atomic E-state index is -1.10. The van der Waals surface area contributed by atoms with Gasteiger partial charge in [-0.25, -0.2) is 0 Å². The Balaban J connectivity index is 1.05. The number of nitrogens with zero attached hydrogens (tertiary/aromatic N) is 3. The first-order chi connectivity index (χ1) is 24.2. The Bertz CT molecular complexity index is 1960. The number of phenols is 2. The van der Waals surface area contributed by atoms with Gasteiger partial charge in [-0.3, -0.25) is 9.80 Å². The van der Waals surface area contributed by atoms with Crippen molar-refractivity contribution >= 4 is 0 Å². The maximum absolute atomic E-state index is 13.6. The van der Waals surface area contributed by atoms with Crippen molar-refractivity contribution in [1.29, 1.82) is 0 Å². The Morgan fingerprint density at radius 2 is 1.12 bits per heavy atom. The van der Waals surface area contributed by atoms with Crippen LogP contribution in [0.15, 0.2) is 24.3 Å². The highest BCUT2D eigenvalue weighted by Crippen LogP contribution is 2.73. The van der Waals surface area contributed by atoms with Gasteiger partial charge in [-0.15, -0.1) is 0 Å². The number of aliphatic hydroxyl groups is 2. The molecule has 0 amide bonds. The third-order valence-electron chi connectivity index (χ3n) is 16.1. The fourth-order valence-corrected chi connectivity index (χ4v) is 13.8. The first-order valence-electron chi connectivity index (χ1n) is 19.3. The van der Waals surface area contributed by atoms with Gasteiger partial charge in [0.2, 0.25) is 0 Å². The SMILES string of the molecule is Cn1c2c(c3c1[C@@H]1Oc4c(O)ccc5c4[C@@]14CCN(CC1CC1)[C@H](C5)[C@]4(O)C3)C[C@@]1(O)[C@@H]3Cc4ccc(O)c5c4[C@@]1(CCN3CC1CC1)[C@H]2O5. The van der Waals surface area contributed by atoms with Crippen molar-refractivity contribution in [1.82, 2.24) is 14.4 Å². The summed E-state index contributed by atoms with van der Waals surface area (Å²) < 4.78 is 16.3. The van der Waals surface area contributed by atoms with Crippen LogP contribution < -0.4 is 9.47 Å². The summed E-state index contributed by atoms with van der Waals surface area (Å²) in [6.45, 7) is 3.86. The Hall–Kier alpha value is -3.24. The number of benzene rings is 2. The number of hydrogen-bond acceptors (Lipinski definition) is 8. The molecule has 4 aliphatic heterocycles. The van der Waals surface area contributed by atoms with Gasteiger partial charge in [0.05, 0.1) is 33.4 Å². The second-order valence-electron chi connectivity index (χ2n) is 18.1. The van der Waals surface area contributed by atoms with Crippen molar-refractivity contribution in [2.24, 2.45) is 18.9 Å². The van der Waals surface area contributed by atoms with Gasteiger partial charge in [-0.05, 0) is 111 Å². The number of fused-ring (bicyclic) bond motifs is 5. The largest absolute Gasteiger partial charge is 0.504 e. The Morgan fingerprint density at radius 1 is 0.680 bits per heavy atom. The standard InChI is InChI=1S/C41H45N3O6/c1-42-32-24(16-40(47)28-14-22-6-8-26(45)34-30(22)38(40,36(32)49-34)10-12-43(28)18-20-2-3-20)25-17-41(48)29-15-23-7-9-27(46)35-31(23)39(41,37(50-35)33(25)42)11-13-44(29)19-21-4-5-21/h6-9,20-21,28-29,36-37,45-48H,2-5,10-19H2,1H3/t28-,29+,36-,37-,38-,39-,40+,41+/m0/s1. The molecule has 10 aliphatic rings. The predicted molar refractivity (Wildman–Crippen MR) is 182 cm³/mol. The molecule has 13 rings (SSSR count). The second-order valence-corrected chi connectivity index (χ2v) is 18.1. The van der Waals surface area contributed by atoms with E-state index in [9.17, 15) is 20.4 Å². The lowest BCUT2D eigenvalue weighted by molar-refractivity contribution is -0.176. The topological polar surface area (TPSA) is 111 Å². The molecule has 4 bridgehead atoms. The number of ether oxygens (including phenoxy) is 2. The van der Waals surface area contributed by atoms with Crippen LogP contribution in [0.25, 0.3) is 0 Å². The minimum absolute atomic E-state index is 0.0532. The van der Waals surface area contributed by atoms with Crippen molar-refractivity contribution in [2.45, 2.75) is 111 Å². The summed E-state index contributed by atoms with van der Waals surface area (Å²) in [6.07, 6.45) is 8.13. The zero-order valence-electron chi connectivity index (χ0n) is 28.6. The zero-order chi connectivity index (χ0) is 33.3. The third-order valence-corrected chi connectivity index (χ3v) is 16.1. The van der Waals surface area contributed by atoms with Gasteiger partial charge >= 0.3 is 0 Å². The van der Waals surface area contributed by atoms with Crippen LogP contribution in [0.3, 0.4) is 0 Å². The van der Waals surface area contributed by atoms with E-state index in [0.717, 1.165) is 85.5 Å². The molecule has 3 aromatic rings. The molecule has 5 heterocycles. The lowest BCUT2D eigenvalue weighted by Crippen LogP contribution is -2.75. The van der Waals surface area contributed by atoms with E-state index in [4.69, 9.17) is 9.47 Å². The molecule has 0 radical (unpaired) electrons. The molecule has 8 atom stereocenters. The molecule has 6 aliphatic carbocycles. The molecular formula is C41H45N3O6. The number of phenolic OH excluding ortho intramolecular Hbond substituents is 2. The first-order valence-corrected chi connectivity index (χ1v) is 19.3. The van der Waals surface area contributed by atoms with E-state index >= 15 is 0 Å². The summed E-state index contributed by atoms with van der Waals surface area (Å²) in [5.74, 6) is 2.81. The molecule has 0 unspecified atom stereocenters. The third kappa shape index (κ3) is 2.87. The van der Waals surface area contributed by atoms with Crippen LogP contribution in [0.5, 0.6) is 23.0 Å². The molecule has 50 heavy (non-hydrogen) atoms. The quantitative estimate of drug-likeness (QED) is 0.331. The van der Waals surface area contributed by atoms with E-state index in [2.05, 4.69) is 33.5 Å². The van der Waals surface area contributed by atoms with E-state index in [-0.39, 0.29) is 23.6 Å². The lowest BCUT2D eigenvalue weighted by atomic mass is 9.47. The van der Waals surface area contributed by atoms with Gasteiger partial charge in [0.1, 0.15) is 0 Å². The number of piperidine rings is 2. The number of rotatable bonds is 4. The van der Waals surface area contributed by atoms with E-state index in [1.165, 1.54) is 36.8 Å². The van der Waals surface area contributed by atoms with Gasteiger partial charge in [-0.1, -0.05) is 12.1 Å². The monoisotopic (exact) mass is 675 g/mol. The molecule has 2 saturated heterocycles. The van der Waals surface area contributed by atoms with Crippen molar-refractivity contribution in [3.8, 4) is 23.0 Å². The first kappa shape index (κ1) is 28.4. The maximum atomic E-state index is 13.6. The molecule has 1 aromatic heterocycles. The van der Waals surface area contributed by atoms with Crippen molar-refractivity contribution in [3.05, 3.63) is 69.0 Å². The van der Waals surface area contributed by atoms with E-state index in [1.54, 1.807) is 12.1 Å². The van der Waals surface area contributed by atoms with Gasteiger partial charge in [0.15, 0.2) is 35.2 Å². The number of aromatic hydroxyl groups is 2. The number of likely N-dealkylation sites (tertiary alicyclic amines) is 2. The maximum Gasteiger partial charge on any atom is 0.166 e. The zero-order valence-corrected chi connectivity index (χ0v) is 28.6. The highest BCUT2D eigenvalue weighted by atomic mass is 16.5. The highest BCUT2D eigenvalue weighted by Gasteiger charge is 2.76. The predicted octanol–water partition coefficient (Wildman–Crippen LogP) is 3.83. The number of aromatic nitrogens is 1. The molecule has 2 aromatic carbocycles. The lowest BCUT2D eigenvalue weighted by Gasteiger charge is -2.63. The number of hydrogen-bond donors (Lipinski definition) is 4. The summed E-state index contributed by atoms with van der Waals surface area (Å²) in [5, 5.41) is 49.8. The molecule has 9 heteroatoms. The van der Waals surface area contributed by atoms with Crippen LogP contribution in [-0.4, -0.2) is 84.3 Å². The second kappa shape index (κ2) is 8.52. The van der Waals surface area contributed by atoms with Crippen LogP contribution in [-0.2, 0) is 43.6 Å². The molecule has 4 N–H and O–H groups in total. The van der Waals surface area contributed by atoms with Crippen molar-refractivity contribution in [3.63, 3.8) is 0 Å². The Kier molecular flexibility index (Phi) is 4.83. The molecule has 9 nitrogen and oxygen atoms in total. The fraction of sp³-hybridized carbons (Fsp3) is 0.610. The van der Waals surface area contributed by atoms with Crippen molar-refractivity contribution < 1.29 is 29.9 Å². The summed E-state index contributed by atoms with van der Waals surface area (Å²) >= 11 is 0. The van der Waals surface area contributed by atoms with E-state index < -0.39 is 34.2 Å². The summed E-state index contributed by atoms with van der Waals surface area (Å²) in [5.41, 5.74) is 5.21. The van der Waals surface area contributed by atoms with Gasteiger partial charge in [-0.2, -0.15) is 0 Å². The Labute approximate surface area is 291 Å². The molecular weight excluding hydrogens is 630 g/mol. The van der Waals surface area contributed by atoms with Gasteiger partial charge in [0, 0.05) is 56.2 Å². The molecule has 260 valence electrons. The summed E-state index contributed by atoms with van der Waals surface area (Å²) in [6, 6.07) is 7.60. The highest BCUT2D eigenvalue weighted by molar-refractivity contribution is 5.69. The van der Waals surface area contributed by atoms with E-state index in [0.29, 0.717) is 36.2 Å².